The van der Waals surface area contributed by atoms with E-state index in [0.717, 1.165) is 25.6 Å². The molecule has 2 unspecified atom stereocenters. The van der Waals surface area contributed by atoms with Crippen molar-refractivity contribution in [2.75, 3.05) is 25.4 Å². The van der Waals surface area contributed by atoms with E-state index in [9.17, 15) is 4.79 Å². The SMILES string of the molecule is CC1CCCCC1CNC(=O)CSC1CCNCC1. The van der Waals surface area contributed by atoms with Crippen LogP contribution in [0.1, 0.15) is 45.4 Å². The molecule has 2 N–H and O–H groups in total. The van der Waals surface area contributed by atoms with Gasteiger partial charge in [-0.05, 0) is 44.2 Å². The van der Waals surface area contributed by atoms with Gasteiger partial charge in [0, 0.05) is 11.8 Å². The number of thioether (sulfide) groups is 1. The highest BCUT2D eigenvalue weighted by atomic mass is 32.2. The lowest BCUT2D eigenvalue weighted by atomic mass is 9.80. The third kappa shape index (κ3) is 5.35. The van der Waals surface area contributed by atoms with Crippen molar-refractivity contribution < 1.29 is 4.79 Å². The second kappa shape index (κ2) is 8.15. The monoisotopic (exact) mass is 284 g/mol. The fourth-order valence-corrected chi connectivity index (χ4v) is 4.21. The molecule has 1 amide bonds. The molecule has 19 heavy (non-hydrogen) atoms. The summed E-state index contributed by atoms with van der Waals surface area (Å²) in [5, 5.41) is 7.19. The molecule has 3 nitrogen and oxygen atoms in total. The molecular weight excluding hydrogens is 256 g/mol. The van der Waals surface area contributed by atoms with Gasteiger partial charge in [-0.3, -0.25) is 4.79 Å². The second-order valence-electron chi connectivity index (χ2n) is 6.09. The van der Waals surface area contributed by atoms with Gasteiger partial charge in [0.2, 0.25) is 5.91 Å². The topological polar surface area (TPSA) is 41.1 Å². The zero-order valence-corrected chi connectivity index (χ0v) is 12.9. The smallest absolute Gasteiger partial charge is 0.230 e. The zero-order chi connectivity index (χ0) is 13.5. The molecule has 1 saturated carbocycles. The summed E-state index contributed by atoms with van der Waals surface area (Å²) in [7, 11) is 0. The van der Waals surface area contributed by atoms with Crippen LogP contribution in [0.4, 0.5) is 0 Å². The predicted octanol–water partition coefficient (Wildman–Crippen LogP) is 2.41. The van der Waals surface area contributed by atoms with Crippen molar-refractivity contribution in [3.8, 4) is 0 Å². The van der Waals surface area contributed by atoms with E-state index in [-0.39, 0.29) is 5.91 Å². The van der Waals surface area contributed by atoms with Gasteiger partial charge in [-0.25, -0.2) is 0 Å². The molecule has 0 spiro atoms. The molecule has 0 bridgehead atoms. The van der Waals surface area contributed by atoms with Gasteiger partial charge < -0.3 is 10.6 Å². The summed E-state index contributed by atoms with van der Waals surface area (Å²) < 4.78 is 0. The molecule has 4 heteroatoms. The summed E-state index contributed by atoms with van der Waals surface area (Å²) in [5.41, 5.74) is 0. The van der Waals surface area contributed by atoms with Gasteiger partial charge in [0.05, 0.1) is 5.75 Å². The Labute approximate surface area is 121 Å². The molecular formula is C15H28N2OS. The number of carbonyl (C=O) groups excluding carboxylic acids is 1. The highest BCUT2D eigenvalue weighted by Gasteiger charge is 2.22. The van der Waals surface area contributed by atoms with E-state index < -0.39 is 0 Å². The van der Waals surface area contributed by atoms with Crippen LogP contribution < -0.4 is 10.6 Å². The molecule has 0 aromatic heterocycles. The number of amides is 1. The van der Waals surface area contributed by atoms with Crippen molar-refractivity contribution >= 4 is 17.7 Å². The first-order valence-corrected chi connectivity index (χ1v) is 8.89. The molecule has 2 atom stereocenters. The third-order valence-electron chi connectivity index (χ3n) is 4.59. The Hall–Kier alpha value is -0.220. The van der Waals surface area contributed by atoms with Crippen LogP contribution in [0.3, 0.4) is 0 Å². The maximum Gasteiger partial charge on any atom is 0.230 e. The lowest BCUT2D eigenvalue weighted by Crippen LogP contribution is -2.35. The van der Waals surface area contributed by atoms with E-state index in [1.54, 1.807) is 0 Å². The van der Waals surface area contributed by atoms with Crippen molar-refractivity contribution in [3.05, 3.63) is 0 Å². The molecule has 110 valence electrons. The number of hydrogen-bond acceptors (Lipinski definition) is 3. The van der Waals surface area contributed by atoms with Gasteiger partial charge in [-0.1, -0.05) is 26.2 Å². The van der Waals surface area contributed by atoms with Gasteiger partial charge in [0.1, 0.15) is 0 Å². The Bertz CT molecular complexity index is 279. The Kier molecular flexibility index (Phi) is 6.51. The van der Waals surface area contributed by atoms with E-state index in [4.69, 9.17) is 0 Å². The van der Waals surface area contributed by atoms with E-state index in [1.165, 1.54) is 38.5 Å². The first-order chi connectivity index (χ1) is 9.25. The van der Waals surface area contributed by atoms with E-state index in [2.05, 4.69) is 17.6 Å². The van der Waals surface area contributed by atoms with E-state index in [1.807, 2.05) is 11.8 Å². The summed E-state index contributed by atoms with van der Waals surface area (Å²) in [6.45, 7) is 5.45. The van der Waals surface area contributed by atoms with Crippen LogP contribution in [0.15, 0.2) is 0 Å². The highest BCUT2D eigenvalue weighted by molar-refractivity contribution is 8.00. The summed E-state index contributed by atoms with van der Waals surface area (Å²) in [6.07, 6.45) is 7.76. The van der Waals surface area contributed by atoms with Crippen molar-refractivity contribution in [1.29, 1.82) is 0 Å². The third-order valence-corrected chi connectivity index (χ3v) is 5.96. The number of rotatable bonds is 5. The van der Waals surface area contributed by atoms with E-state index >= 15 is 0 Å². The lowest BCUT2D eigenvalue weighted by Gasteiger charge is -2.29. The van der Waals surface area contributed by atoms with Gasteiger partial charge >= 0.3 is 0 Å². The van der Waals surface area contributed by atoms with Crippen molar-refractivity contribution in [3.63, 3.8) is 0 Å². The summed E-state index contributed by atoms with van der Waals surface area (Å²) >= 11 is 1.84. The molecule has 0 radical (unpaired) electrons. The fraction of sp³-hybridized carbons (Fsp3) is 0.933. The minimum absolute atomic E-state index is 0.237. The van der Waals surface area contributed by atoms with Crippen molar-refractivity contribution in [1.82, 2.24) is 10.6 Å². The first kappa shape index (κ1) is 15.2. The normalized spacial score (nSPS) is 29.1. The number of hydrogen-bond donors (Lipinski definition) is 2. The number of carbonyl (C=O) groups is 1. The van der Waals surface area contributed by atoms with Gasteiger partial charge in [0.15, 0.2) is 0 Å². The Morgan fingerprint density at radius 2 is 1.95 bits per heavy atom. The number of nitrogens with one attached hydrogen (secondary N) is 2. The van der Waals surface area contributed by atoms with Crippen LogP contribution in [0.5, 0.6) is 0 Å². The molecule has 1 saturated heterocycles. The molecule has 2 fully saturated rings. The van der Waals surface area contributed by atoms with Crippen LogP contribution >= 0.6 is 11.8 Å². The molecule has 1 aliphatic carbocycles. The largest absolute Gasteiger partial charge is 0.355 e. The summed E-state index contributed by atoms with van der Waals surface area (Å²) in [5.74, 6) is 2.38. The average Bonchev–Trinajstić information content (AvgIpc) is 2.45. The van der Waals surface area contributed by atoms with E-state index in [0.29, 0.717) is 16.9 Å². The van der Waals surface area contributed by atoms with Crippen LogP contribution in [0.2, 0.25) is 0 Å². The molecule has 2 rings (SSSR count). The van der Waals surface area contributed by atoms with Crippen molar-refractivity contribution in [2.45, 2.75) is 50.7 Å². The van der Waals surface area contributed by atoms with Crippen LogP contribution in [-0.4, -0.2) is 36.5 Å². The van der Waals surface area contributed by atoms with Crippen LogP contribution in [0, 0.1) is 11.8 Å². The number of piperidine rings is 1. The molecule has 0 aromatic carbocycles. The Morgan fingerprint density at radius 3 is 2.68 bits per heavy atom. The minimum Gasteiger partial charge on any atom is -0.355 e. The quantitative estimate of drug-likeness (QED) is 0.814. The molecule has 2 aliphatic rings. The van der Waals surface area contributed by atoms with Crippen LogP contribution in [-0.2, 0) is 4.79 Å². The zero-order valence-electron chi connectivity index (χ0n) is 12.1. The maximum absolute atomic E-state index is 11.9. The Balaban J connectivity index is 1.58. The first-order valence-electron chi connectivity index (χ1n) is 7.84. The van der Waals surface area contributed by atoms with Gasteiger partial charge in [0.25, 0.3) is 0 Å². The maximum atomic E-state index is 11.9. The minimum atomic E-state index is 0.237. The Morgan fingerprint density at radius 1 is 1.21 bits per heavy atom. The van der Waals surface area contributed by atoms with Gasteiger partial charge in [-0.15, -0.1) is 11.8 Å². The predicted molar refractivity (Wildman–Crippen MR) is 82.5 cm³/mol. The fourth-order valence-electron chi connectivity index (χ4n) is 3.15. The molecule has 1 aliphatic heterocycles. The standard InChI is InChI=1S/C15H28N2OS/c1-12-4-2-3-5-13(12)10-17-15(18)11-19-14-6-8-16-9-7-14/h12-14,16H,2-11H2,1H3,(H,17,18). The summed E-state index contributed by atoms with van der Waals surface area (Å²) in [6, 6.07) is 0. The highest BCUT2D eigenvalue weighted by Crippen LogP contribution is 2.28. The second-order valence-corrected chi connectivity index (χ2v) is 7.37. The van der Waals surface area contributed by atoms with Crippen LogP contribution in [0.25, 0.3) is 0 Å². The average molecular weight is 284 g/mol. The molecule has 0 aromatic rings. The summed E-state index contributed by atoms with van der Waals surface area (Å²) in [4.78, 5) is 11.9. The molecule has 1 heterocycles. The lowest BCUT2D eigenvalue weighted by molar-refractivity contribution is -0.118. The van der Waals surface area contributed by atoms with Gasteiger partial charge in [-0.2, -0.15) is 0 Å². The van der Waals surface area contributed by atoms with Crippen molar-refractivity contribution in [2.24, 2.45) is 11.8 Å².